The molecule has 0 atom stereocenters. The van der Waals surface area contributed by atoms with E-state index in [1.807, 2.05) is 55.5 Å². The second-order valence-electron chi connectivity index (χ2n) is 6.84. The normalized spacial score (nSPS) is 11.2. The van der Waals surface area contributed by atoms with E-state index in [9.17, 15) is 18.0 Å². The summed E-state index contributed by atoms with van der Waals surface area (Å²) in [6, 6.07) is 16.7. The standard InChI is InChI=1S/C22H27NO4S/c1-2-14-28(26,27)15-8-12-20(24)17-19-11-6-7-13-21(19)23-22(25)16-18-9-4-3-5-10-18/h3-7,9-11,13H,2,8,12,14-17H2,1H3,(H,23,25). The maximum atomic E-state index is 12.3. The minimum Gasteiger partial charge on any atom is -0.326 e. The molecule has 0 aliphatic carbocycles. The third kappa shape index (κ3) is 7.64. The summed E-state index contributed by atoms with van der Waals surface area (Å²) in [5.41, 5.74) is 2.28. The van der Waals surface area contributed by atoms with E-state index in [-0.39, 0.29) is 42.5 Å². The fourth-order valence-electron chi connectivity index (χ4n) is 2.98. The molecule has 0 aromatic heterocycles. The SMILES string of the molecule is CCCS(=O)(=O)CCCC(=O)Cc1ccccc1NC(=O)Cc1ccccc1. The van der Waals surface area contributed by atoms with E-state index in [4.69, 9.17) is 0 Å². The Balaban J connectivity index is 1.90. The number of benzene rings is 2. The lowest BCUT2D eigenvalue weighted by atomic mass is 10.0. The summed E-state index contributed by atoms with van der Waals surface area (Å²) in [6.45, 7) is 1.83. The number of sulfone groups is 1. The van der Waals surface area contributed by atoms with Crippen LogP contribution in [0.25, 0.3) is 0 Å². The van der Waals surface area contributed by atoms with Crippen LogP contribution in [0.3, 0.4) is 0 Å². The maximum absolute atomic E-state index is 12.3. The number of hydrogen-bond acceptors (Lipinski definition) is 4. The second-order valence-corrected chi connectivity index (χ2v) is 9.14. The van der Waals surface area contributed by atoms with Gasteiger partial charge in [0.25, 0.3) is 0 Å². The highest BCUT2D eigenvalue weighted by Gasteiger charge is 2.13. The van der Waals surface area contributed by atoms with Crippen molar-refractivity contribution < 1.29 is 18.0 Å². The van der Waals surface area contributed by atoms with Crippen LogP contribution >= 0.6 is 0 Å². The molecule has 1 amide bonds. The number of para-hydroxylation sites is 1. The smallest absolute Gasteiger partial charge is 0.228 e. The maximum Gasteiger partial charge on any atom is 0.228 e. The fraction of sp³-hybridized carbons (Fsp3) is 0.364. The molecule has 0 heterocycles. The number of nitrogens with one attached hydrogen (secondary N) is 1. The third-order valence-corrected chi connectivity index (χ3v) is 6.25. The van der Waals surface area contributed by atoms with Crippen LogP contribution in [0.2, 0.25) is 0 Å². The van der Waals surface area contributed by atoms with Gasteiger partial charge in [-0.15, -0.1) is 0 Å². The van der Waals surface area contributed by atoms with Crippen molar-refractivity contribution in [2.45, 2.75) is 39.0 Å². The van der Waals surface area contributed by atoms with Gasteiger partial charge in [0.1, 0.15) is 15.6 Å². The van der Waals surface area contributed by atoms with Crippen LogP contribution in [0.5, 0.6) is 0 Å². The number of carbonyl (C=O) groups is 2. The zero-order chi connectivity index (χ0) is 20.4. The number of amides is 1. The van der Waals surface area contributed by atoms with Crippen LogP contribution in [-0.2, 0) is 32.3 Å². The van der Waals surface area contributed by atoms with Gasteiger partial charge in [-0.2, -0.15) is 0 Å². The lowest BCUT2D eigenvalue weighted by Crippen LogP contribution is -2.17. The van der Waals surface area contributed by atoms with Crippen LogP contribution in [0.15, 0.2) is 54.6 Å². The first-order valence-corrected chi connectivity index (χ1v) is 11.4. The first-order chi connectivity index (χ1) is 13.4. The van der Waals surface area contributed by atoms with E-state index in [0.717, 1.165) is 11.1 Å². The molecule has 0 fully saturated rings. The predicted octanol–water partition coefficient (Wildman–Crippen LogP) is 3.58. The monoisotopic (exact) mass is 401 g/mol. The third-order valence-electron chi connectivity index (χ3n) is 4.31. The van der Waals surface area contributed by atoms with Gasteiger partial charge in [-0.05, 0) is 30.0 Å². The summed E-state index contributed by atoms with van der Waals surface area (Å²) in [7, 11) is -3.06. The average Bonchev–Trinajstić information content (AvgIpc) is 2.64. The molecule has 0 spiro atoms. The van der Waals surface area contributed by atoms with Crippen LogP contribution < -0.4 is 5.32 Å². The van der Waals surface area contributed by atoms with E-state index >= 15 is 0 Å². The van der Waals surface area contributed by atoms with E-state index in [1.165, 1.54) is 0 Å². The minimum absolute atomic E-state index is 0.0311. The molecular formula is C22H27NO4S. The Hall–Kier alpha value is -2.47. The Kier molecular flexibility index (Phi) is 8.39. The molecule has 0 aliphatic rings. The van der Waals surface area contributed by atoms with Crippen molar-refractivity contribution in [2.24, 2.45) is 0 Å². The Morgan fingerprint density at radius 1 is 0.893 bits per heavy atom. The number of carbonyl (C=O) groups excluding carboxylic acids is 2. The summed E-state index contributed by atoms with van der Waals surface area (Å²) in [5, 5.41) is 2.87. The fourth-order valence-corrected chi connectivity index (χ4v) is 4.39. The molecule has 2 rings (SSSR count). The summed E-state index contributed by atoms with van der Waals surface area (Å²) in [4.78, 5) is 24.6. The Morgan fingerprint density at radius 3 is 2.29 bits per heavy atom. The summed E-state index contributed by atoms with van der Waals surface area (Å²) < 4.78 is 23.5. The molecule has 0 bridgehead atoms. The first-order valence-electron chi connectivity index (χ1n) is 9.53. The number of hydrogen-bond donors (Lipinski definition) is 1. The molecule has 5 nitrogen and oxygen atoms in total. The lowest BCUT2D eigenvalue weighted by molar-refractivity contribution is -0.118. The summed E-state index contributed by atoms with van der Waals surface area (Å²) >= 11 is 0. The van der Waals surface area contributed by atoms with Crippen molar-refractivity contribution in [1.82, 2.24) is 0 Å². The highest BCUT2D eigenvalue weighted by molar-refractivity contribution is 7.91. The highest BCUT2D eigenvalue weighted by atomic mass is 32.2. The van der Waals surface area contributed by atoms with Crippen molar-refractivity contribution in [2.75, 3.05) is 16.8 Å². The van der Waals surface area contributed by atoms with Crippen molar-refractivity contribution in [3.8, 4) is 0 Å². The number of rotatable bonds is 11. The average molecular weight is 402 g/mol. The van der Waals surface area contributed by atoms with E-state index in [2.05, 4.69) is 5.32 Å². The van der Waals surface area contributed by atoms with Gasteiger partial charge in [-0.3, -0.25) is 9.59 Å². The molecule has 0 radical (unpaired) electrons. The first kappa shape index (κ1) is 21.8. The van der Waals surface area contributed by atoms with E-state index < -0.39 is 9.84 Å². The second kappa shape index (κ2) is 10.8. The molecule has 0 aliphatic heterocycles. The molecule has 1 N–H and O–H groups in total. The number of ketones is 1. The molecule has 150 valence electrons. The van der Waals surface area contributed by atoms with Gasteiger partial charge in [-0.1, -0.05) is 55.5 Å². The van der Waals surface area contributed by atoms with Gasteiger partial charge < -0.3 is 5.32 Å². The van der Waals surface area contributed by atoms with Crippen molar-refractivity contribution >= 4 is 27.2 Å². The molecule has 2 aromatic carbocycles. The van der Waals surface area contributed by atoms with Gasteiger partial charge in [0.2, 0.25) is 5.91 Å². The molecule has 0 saturated heterocycles. The Labute approximate surface area is 167 Å². The predicted molar refractivity (Wildman–Crippen MR) is 112 cm³/mol. The number of anilines is 1. The van der Waals surface area contributed by atoms with Crippen LogP contribution in [-0.4, -0.2) is 31.6 Å². The summed E-state index contributed by atoms with van der Waals surface area (Å²) in [6.07, 6.45) is 1.58. The van der Waals surface area contributed by atoms with E-state index in [0.29, 0.717) is 18.5 Å². The van der Waals surface area contributed by atoms with Gasteiger partial charge >= 0.3 is 0 Å². The van der Waals surface area contributed by atoms with E-state index in [1.54, 1.807) is 6.07 Å². The van der Waals surface area contributed by atoms with Gasteiger partial charge in [0, 0.05) is 24.3 Å². The van der Waals surface area contributed by atoms with Crippen molar-refractivity contribution in [1.29, 1.82) is 0 Å². The largest absolute Gasteiger partial charge is 0.326 e. The zero-order valence-electron chi connectivity index (χ0n) is 16.2. The van der Waals surface area contributed by atoms with Gasteiger partial charge in [-0.25, -0.2) is 8.42 Å². The van der Waals surface area contributed by atoms with Crippen LogP contribution in [0.1, 0.15) is 37.3 Å². The van der Waals surface area contributed by atoms with Gasteiger partial charge in [0.15, 0.2) is 0 Å². The Bertz CT molecular complexity index is 892. The van der Waals surface area contributed by atoms with Crippen LogP contribution in [0, 0.1) is 0 Å². The minimum atomic E-state index is -3.06. The molecule has 6 heteroatoms. The van der Waals surface area contributed by atoms with Crippen molar-refractivity contribution in [3.05, 3.63) is 65.7 Å². The summed E-state index contributed by atoms with van der Waals surface area (Å²) in [5.74, 6) is 0.0349. The Morgan fingerprint density at radius 2 is 1.57 bits per heavy atom. The molecule has 0 unspecified atom stereocenters. The van der Waals surface area contributed by atoms with Crippen LogP contribution in [0.4, 0.5) is 5.69 Å². The van der Waals surface area contributed by atoms with Crippen molar-refractivity contribution in [3.63, 3.8) is 0 Å². The number of Topliss-reactive ketones (excluding diaryl/α,β-unsaturated/α-hetero) is 1. The zero-order valence-corrected chi connectivity index (χ0v) is 17.0. The van der Waals surface area contributed by atoms with Gasteiger partial charge in [0.05, 0.1) is 12.2 Å². The quantitative estimate of drug-likeness (QED) is 0.624. The highest BCUT2D eigenvalue weighted by Crippen LogP contribution is 2.17. The molecule has 28 heavy (non-hydrogen) atoms. The lowest BCUT2D eigenvalue weighted by Gasteiger charge is -2.11. The molecule has 0 saturated carbocycles. The topological polar surface area (TPSA) is 80.3 Å². The molecular weight excluding hydrogens is 374 g/mol. The molecule has 2 aromatic rings.